The lowest BCUT2D eigenvalue weighted by atomic mass is 10.1. The predicted octanol–water partition coefficient (Wildman–Crippen LogP) is 3.08. The molecule has 2 aromatic carbocycles. The van der Waals surface area contributed by atoms with E-state index in [4.69, 9.17) is 9.47 Å². The van der Waals surface area contributed by atoms with Crippen molar-refractivity contribution < 1.29 is 23.9 Å². The van der Waals surface area contributed by atoms with Crippen molar-refractivity contribution in [2.75, 3.05) is 24.3 Å². The molecule has 0 spiro atoms. The molecule has 1 aliphatic rings. The maximum absolute atomic E-state index is 12.3. The van der Waals surface area contributed by atoms with Crippen molar-refractivity contribution in [3.05, 3.63) is 53.6 Å². The molecule has 0 saturated heterocycles. The highest BCUT2D eigenvalue weighted by molar-refractivity contribution is 8.00. The predicted molar refractivity (Wildman–Crippen MR) is 102 cm³/mol. The Kier molecular flexibility index (Phi) is 5.81. The van der Waals surface area contributed by atoms with Gasteiger partial charge in [0.15, 0.2) is 5.78 Å². The summed E-state index contributed by atoms with van der Waals surface area (Å²) in [7, 11) is 1.51. The molecule has 7 heteroatoms. The Morgan fingerprint density at radius 1 is 1.19 bits per heavy atom. The lowest BCUT2D eigenvalue weighted by molar-refractivity contribution is -0.144. The van der Waals surface area contributed by atoms with E-state index in [1.165, 1.54) is 30.7 Å². The van der Waals surface area contributed by atoms with Gasteiger partial charge in [-0.3, -0.25) is 19.3 Å². The number of fused-ring (bicyclic) bond motifs is 1. The van der Waals surface area contributed by atoms with Crippen LogP contribution in [0.15, 0.2) is 47.4 Å². The first-order chi connectivity index (χ1) is 13.0. The minimum atomic E-state index is -0.527. The van der Waals surface area contributed by atoms with Crippen LogP contribution in [0.4, 0.5) is 5.69 Å². The first kappa shape index (κ1) is 19.0. The zero-order chi connectivity index (χ0) is 19.4. The van der Waals surface area contributed by atoms with E-state index in [0.717, 1.165) is 4.90 Å². The average molecular weight is 385 g/mol. The van der Waals surface area contributed by atoms with Crippen LogP contribution in [0.1, 0.15) is 22.8 Å². The van der Waals surface area contributed by atoms with Crippen molar-refractivity contribution in [1.82, 2.24) is 0 Å². The van der Waals surface area contributed by atoms with Gasteiger partial charge in [-0.15, -0.1) is 11.8 Å². The van der Waals surface area contributed by atoms with Crippen LogP contribution >= 0.6 is 11.8 Å². The van der Waals surface area contributed by atoms with Gasteiger partial charge in [0.2, 0.25) is 5.91 Å². The van der Waals surface area contributed by atoms with E-state index in [1.807, 2.05) is 24.3 Å². The van der Waals surface area contributed by atoms with Gasteiger partial charge in [-0.1, -0.05) is 12.1 Å². The van der Waals surface area contributed by atoms with Crippen LogP contribution in [-0.4, -0.2) is 37.1 Å². The first-order valence-electron chi connectivity index (χ1n) is 8.35. The van der Waals surface area contributed by atoms with Crippen molar-refractivity contribution in [3.63, 3.8) is 0 Å². The summed E-state index contributed by atoms with van der Waals surface area (Å²) in [5, 5.41) is 0. The molecule has 140 valence electrons. The zero-order valence-corrected chi connectivity index (χ0v) is 15.9. The maximum atomic E-state index is 12.3. The quantitative estimate of drug-likeness (QED) is 0.562. The summed E-state index contributed by atoms with van der Waals surface area (Å²) in [5.41, 5.74) is 1.82. The Hall–Kier alpha value is -2.80. The number of hydrogen-bond donors (Lipinski definition) is 0. The number of carbonyl (C=O) groups excluding carboxylic acids is 3. The molecule has 3 rings (SSSR count). The molecular weight excluding hydrogens is 366 g/mol. The summed E-state index contributed by atoms with van der Waals surface area (Å²) in [4.78, 5) is 38.5. The molecule has 0 aromatic heterocycles. The largest absolute Gasteiger partial charge is 0.496 e. The molecule has 0 fully saturated rings. The van der Waals surface area contributed by atoms with Crippen LogP contribution < -0.4 is 9.64 Å². The van der Waals surface area contributed by atoms with Crippen LogP contribution in [0.2, 0.25) is 0 Å². The fourth-order valence-electron chi connectivity index (χ4n) is 2.77. The highest BCUT2D eigenvalue weighted by Gasteiger charge is 2.26. The van der Waals surface area contributed by atoms with E-state index in [2.05, 4.69) is 0 Å². The number of rotatable bonds is 6. The van der Waals surface area contributed by atoms with Crippen molar-refractivity contribution in [1.29, 1.82) is 0 Å². The Morgan fingerprint density at radius 3 is 2.70 bits per heavy atom. The molecule has 27 heavy (non-hydrogen) atoms. The molecule has 0 N–H and O–H groups in total. The van der Waals surface area contributed by atoms with Gasteiger partial charge in [0.25, 0.3) is 0 Å². The Labute approximate surface area is 161 Å². The molecule has 0 saturated carbocycles. The number of ketones is 1. The summed E-state index contributed by atoms with van der Waals surface area (Å²) >= 11 is 1.46. The van der Waals surface area contributed by atoms with Gasteiger partial charge in [0.05, 0.1) is 18.6 Å². The average Bonchev–Trinajstić information content (AvgIpc) is 2.68. The minimum absolute atomic E-state index is 0.0401. The number of para-hydroxylation sites is 1. The van der Waals surface area contributed by atoms with Crippen molar-refractivity contribution in [2.24, 2.45) is 0 Å². The fourth-order valence-corrected chi connectivity index (χ4v) is 3.71. The summed E-state index contributed by atoms with van der Waals surface area (Å²) < 4.78 is 10.6. The number of methoxy groups -OCH3 is 1. The van der Waals surface area contributed by atoms with E-state index in [0.29, 0.717) is 28.3 Å². The SMILES string of the molecule is COc1ccc(C(C)=O)cc1COC(=O)CN1C(=O)CSc2ccccc21. The number of nitrogens with zero attached hydrogens (tertiary/aromatic N) is 1. The van der Waals surface area contributed by atoms with E-state index < -0.39 is 5.97 Å². The van der Waals surface area contributed by atoms with Crippen molar-refractivity contribution in [3.8, 4) is 5.75 Å². The van der Waals surface area contributed by atoms with E-state index in [1.54, 1.807) is 18.2 Å². The molecular formula is C20H19NO5S. The number of carbonyl (C=O) groups is 3. The van der Waals surface area contributed by atoms with Gasteiger partial charge >= 0.3 is 5.97 Å². The third-order valence-corrected chi connectivity index (χ3v) is 5.22. The molecule has 6 nitrogen and oxygen atoms in total. The number of Topliss-reactive ketones (excluding diaryl/α,β-unsaturated/α-hetero) is 1. The molecule has 0 atom stereocenters. The van der Waals surface area contributed by atoms with Crippen LogP contribution in [-0.2, 0) is 20.9 Å². The molecule has 0 bridgehead atoms. The monoisotopic (exact) mass is 385 g/mol. The van der Waals surface area contributed by atoms with E-state index in [9.17, 15) is 14.4 Å². The highest BCUT2D eigenvalue weighted by Crippen LogP contribution is 2.34. The second-order valence-corrected chi connectivity index (χ2v) is 7.00. The van der Waals surface area contributed by atoms with Gasteiger partial charge in [0.1, 0.15) is 18.9 Å². The number of benzene rings is 2. The van der Waals surface area contributed by atoms with Crippen molar-refractivity contribution >= 4 is 35.1 Å². The van der Waals surface area contributed by atoms with Crippen LogP contribution in [0.3, 0.4) is 0 Å². The first-order valence-corrected chi connectivity index (χ1v) is 9.34. The Balaban J connectivity index is 1.70. The van der Waals surface area contributed by atoms with Crippen LogP contribution in [0, 0.1) is 0 Å². The Bertz CT molecular complexity index is 896. The molecule has 0 radical (unpaired) electrons. The van der Waals surface area contributed by atoms with Gasteiger partial charge < -0.3 is 9.47 Å². The molecule has 1 heterocycles. The fraction of sp³-hybridized carbons (Fsp3) is 0.250. The lowest BCUT2D eigenvalue weighted by Gasteiger charge is -2.28. The molecule has 1 amide bonds. The highest BCUT2D eigenvalue weighted by atomic mass is 32.2. The third kappa shape index (κ3) is 4.31. The molecule has 0 aliphatic carbocycles. The van der Waals surface area contributed by atoms with Gasteiger partial charge in [0, 0.05) is 16.0 Å². The zero-order valence-electron chi connectivity index (χ0n) is 15.1. The van der Waals surface area contributed by atoms with Crippen LogP contribution in [0.25, 0.3) is 0 Å². The molecule has 1 aliphatic heterocycles. The Morgan fingerprint density at radius 2 is 1.96 bits per heavy atom. The summed E-state index contributed by atoms with van der Waals surface area (Å²) in [6.07, 6.45) is 0. The lowest BCUT2D eigenvalue weighted by Crippen LogP contribution is -2.39. The number of esters is 1. The van der Waals surface area contributed by atoms with Crippen LogP contribution in [0.5, 0.6) is 5.75 Å². The summed E-state index contributed by atoms with van der Waals surface area (Å²) in [6.45, 7) is 1.27. The third-order valence-electron chi connectivity index (χ3n) is 4.17. The summed E-state index contributed by atoms with van der Waals surface area (Å²) in [6, 6.07) is 12.4. The molecule has 0 unspecified atom stereocenters. The number of anilines is 1. The van der Waals surface area contributed by atoms with Gasteiger partial charge in [-0.25, -0.2) is 0 Å². The van der Waals surface area contributed by atoms with E-state index in [-0.39, 0.29) is 24.8 Å². The minimum Gasteiger partial charge on any atom is -0.496 e. The summed E-state index contributed by atoms with van der Waals surface area (Å²) in [5.74, 6) is 0.0765. The maximum Gasteiger partial charge on any atom is 0.326 e. The second-order valence-electron chi connectivity index (χ2n) is 5.98. The van der Waals surface area contributed by atoms with Gasteiger partial charge in [-0.05, 0) is 37.3 Å². The number of ether oxygens (including phenoxy) is 2. The van der Waals surface area contributed by atoms with Gasteiger partial charge in [-0.2, -0.15) is 0 Å². The normalized spacial score (nSPS) is 13.1. The number of amides is 1. The van der Waals surface area contributed by atoms with E-state index >= 15 is 0 Å². The second kappa shape index (κ2) is 8.26. The molecule has 2 aromatic rings. The topological polar surface area (TPSA) is 72.9 Å². The van der Waals surface area contributed by atoms with Crippen molar-refractivity contribution in [2.45, 2.75) is 18.4 Å². The number of thioether (sulfide) groups is 1. The smallest absolute Gasteiger partial charge is 0.326 e. The number of hydrogen-bond acceptors (Lipinski definition) is 6. The standard InChI is InChI=1S/C20H19NO5S/c1-13(22)14-7-8-17(25-2)15(9-14)11-26-20(24)10-21-16-5-3-4-6-18(16)27-12-19(21)23/h3-9H,10-12H2,1-2H3.